The summed E-state index contributed by atoms with van der Waals surface area (Å²) in [4.78, 5) is 10.6. The molecule has 8 aromatic rings. The van der Waals surface area contributed by atoms with Crippen LogP contribution in [0, 0.1) is 29.7 Å². The van der Waals surface area contributed by atoms with Crippen molar-refractivity contribution in [3.63, 3.8) is 0 Å². The summed E-state index contributed by atoms with van der Waals surface area (Å²) in [7, 11) is 0. The monoisotopic (exact) mass is 1420 g/mol. The van der Waals surface area contributed by atoms with E-state index in [2.05, 4.69) is 269 Å². The smallest absolute Gasteiger partial charge is 0.681 e. The topological polar surface area (TPSA) is 82.2 Å². The Morgan fingerprint density at radius 2 is 0.705 bits per heavy atom. The maximum absolute atomic E-state index is 5.58. The molecule has 0 saturated carbocycles. The van der Waals surface area contributed by atoms with Crippen molar-refractivity contribution in [2.45, 2.75) is 195 Å². The number of benzene rings is 6. The molecule has 0 bridgehead atoms. The van der Waals surface area contributed by atoms with Gasteiger partial charge >= 0.3 is 26.2 Å². The predicted octanol–water partition coefficient (Wildman–Crippen LogP) is 24.7. The van der Waals surface area contributed by atoms with Gasteiger partial charge in [0.2, 0.25) is 0 Å². The number of para-hydroxylation sites is 4. The molecule has 88 heavy (non-hydrogen) atoms. The Hall–Kier alpha value is -5.43. The van der Waals surface area contributed by atoms with E-state index in [4.69, 9.17) is 31.2 Å². The number of nitrogens with zero attached hydrogens (tertiary/aromatic N) is 6. The van der Waals surface area contributed by atoms with Gasteiger partial charge in [0.25, 0.3) is 0 Å². The average molecular weight is 1420 g/mol. The number of hydrogen-bond donors (Lipinski definition) is 0. The molecule has 0 aliphatic carbocycles. The number of aryl methyl sites for hydroxylation is 2. The van der Waals surface area contributed by atoms with Gasteiger partial charge in [0.1, 0.15) is 0 Å². The molecular weight excluding hydrogens is 1310 g/mol. The third-order valence-corrected chi connectivity index (χ3v) is 16.6. The van der Waals surface area contributed by atoms with Crippen LogP contribution in [0.5, 0.6) is 0 Å². The van der Waals surface area contributed by atoms with Gasteiger partial charge in [-0.15, -0.1) is 34.8 Å². The molecule has 0 amide bonds. The molecule has 2 unspecified atom stereocenters. The van der Waals surface area contributed by atoms with E-state index in [1.54, 1.807) is 0 Å². The van der Waals surface area contributed by atoms with E-state index in [-0.39, 0.29) is 105 Å². The van der Waals surface area contributed by atoms with Gasteiger partial charge in [0.15, 0.2) is 0 Å². The summed E-state index contributed by atoms with van der Waals surface area (Å²) in [6.45, 7) is 36.0. The number of fused-ring (bicyclic) bond motifs is 2. The van der Waals surface area contributed by atoms with Crippen LogP contribution in [-0.2, 0) is 75.7 Å². The third-order valence-electron chi connectivity index (χ3n) is 16.6. The van der Waals surface area contributed by atoms with Crippen molar-refractivity contribution in [3.8, 4) is 22.5 Å². The molecule has 0 spiro atoms. The van der Waals surface area contributed by atoms with Crippen molar-refractivity contribution < 1.29 is 52.0 Å². The molecule has 4 atom stereocenters. The van der Waals surface area contributed by atoms with Crippen LogP contribution in [0.1, 0.15) is 226 Å². The van der Waals surface area contributed by atoms with Crippen molar-refractivity contribution in [1.29, 1.82) is 0 Å². The first-order chi connectivity index (χ1) is 39.0. The van der Waals surface area contributed by atoms with Gasteiger partial charge in [-0.2, -0.15) is 0 Å². The summed E-state index contributed by atoms with van der Waals surface area (Å²) >= 11 is 0. The first kappa shape index (κ1) is 76.8. The average Bonchev–Trinajstić information content (AvgIpc) is 3.17. The SMILES string of the molecule is CC1CCc2cccc(-c3cccc([C@@H]([N-]c4c(C(C)C)cccc4C(C)C)c4ccc(C(C)(C)C)cc4)n3)c2[N-]1.CC1CCc2cccc(-c3cccc([C@@H]([N-]c4c(C(C)C)cccc4C(C)C)c4ccc(C(C)(C)C)cc4)n3)c2[N-]1.[CH3-].[CH3-].[CH3-].[CH3-].[Hf].[Zr+3]. The molecular formula is C80H102HfN6Zr-5. The number of rotatable bonds is 14. The van der Waals surface area contributed by atoms with E-state index in [0.29, 0.717) is 35.8 Å². The van der Waals surface area contributed by atoms with Crippen molar-refractivity contribution in [2.24, 2.45) is 0 Å². The van der Waals surface area contributed by atoms with Crippen LogP contribution >= 0.6 is 0 Å². The van der Waals surface area contributed by atoms with Crippen LogP contribution in [-0.4, -0.2) is 22.1 Å². The van der Waals surface area contributed by atoms with Gasteiger partial charge in [-0.25, -0.2) is 0 Å². The zero-order valence-corrected chi connectivity index (χ0v) is 63.2. The van der Waals surface area contributed by atoms with Crippen molar-refractivity contribution in [3.05, 3.63) is 276 Å². The molecule has 2 aliphatic rings. The third kappa shape index (κ3) is 18.0. The fourth-order valence-electron chi connectivity index (χ4n) is 11.6. The van der Waals surface area contributed by atoms with Gasteiger partial charge in [-0.3, -0.25) is 9.97 Å². The first-order valence-corrected chi connectivity index (χ1v) is 30.5. The molecule has 10 rings (SSSR count). The molecule has 465 valence electrons. The maximum atomic E-state index is 5.58. The number of hydrogen-bond acceptors (Lipinski definition) is 2. The summed E-state index contributed by atoms with van der Waals surface area (Å²) in [5.74, 6) is 1.48. The van der Waals surface area contributed by atoms with Crippen molar-refractivity contribution in [1.82, 2.24) is 9.97 Å². The van der Waals surface area contributed by atoms with E-state index < -0.39 is 0 Å². The van der Waals surface area contributed by atoms with Crippen molar-refractivity contribution >= 4 is 22.7 Å². The number of aromatic nitrogens is 2. The summed E-state index contributed by atoms with van der Waals surface area (Å²) in [5, 5.41) is 21.3. The van der Waals surface area contributed by atoms with Crippen LogP contribution in [0.2, 0.25) is 0 Å². The maximum Gasteiger partial charge on any atom is 3.00 e. The standard InChI is InChI=1S/2C38H45N3.4CH3.Hf.Zr/c2*1-24(2)30-13-10-14-31(25(3)4)37(30)41-36(28-20-22-29(23-21-28)38(6,7)8)34-17-11-16-33(40-34)32-15-9-12-27-19-18-26(5)39-35(27)32;;;;;;/h2*9-17,20-26,36H,18-19H2,1-8H3;4*1H3;;/q2*-2;4*-1;;+3/t2*26?,36-;;;;;;/m00....../s1. The normalized spacial score (nSPS) is 14.8. The predicted molar refractivity (Wildman–Crippen MR) is 376 cm³/mol. The molecule has 2 aromatic heterocycles. The Bertz CT molecular complexity index is 3180. The Morgan fingerprint density at radius 3 is 1.00 bits per heavy atom. The molecule has 2 aliphatic heterocycles. The van der Waals surface area contributed by atoms with E-state index in [1.165, 1.54) is 44.5 Å². The van der Waals surface area contributed by atoms with Gasteiger partial charge in [-0.05, 0) is 106 Å². The van der Waals surface area contributed by atoms with Gasteiger partial charge in [0.05, 0.1) is 11.4 Å². The van der Waals surface area contributed by atoms with E-state index in [1.807, 2.05) is 0 Å². The molecule has 8 heteroatoms. The minimum Gasteiger partial charge on any atom is -0.681 e. The van der Waals surface area contributed by atoms with Crippen molar-refractivity contribution in [2.75, 3.05) is 0 Å². The Balaban J connectivity index is 0.000000431. The minimum absolute atomic E-state index is 0. The summed E-state index contributed by atoms with van der Waals surface area (Å²) in [6, 6.07) is 57.4. The molecule has 1 radical (unpaired) electrons. The number of pyridine rings is 2. The zero-order valence-electron chi connectivity index (χ0n) is 57.1. The second-order valence-electron chi connectivity index (χ2n) is 26.6. The fraction of sp³-hybridized carbons (Fsp3) is 0.375. The van der Waals surface area contributed by atoms with Crippen LogP contribution < -0.4 is 0 Å². The van der Waals surface area contributed by atoms with Crippen LogP contribution in [0.3, 0.4) is 0 Å². The van der Waals surface area contributed by atoms with Crippen LogP contribution in [0.4, 0.5) is 22.7 Å². The molecule has 0 saturated heterocycles. The quantitative estimate of drug-likeness (QED) is 0.0803. The molecule has 4 heterocycles. The van der Waals surface area contributed by atoms with Gasteiger partial charge in [0, 0.05) is 37.2 Å². The molecule has 6 nitrogen and oxygen atoms in total. The minimum atomic E-state index is -0.225. The Labute approximate surface area is 573 Å². The Kier molecular flexibility index (Phi) is 28.9. The molecule has 6 aromatic carbocycles. The largest absolute Gasteiger partial charge is 3.00 e. The summed E-state index contributed by atoms with van der Waals surface area (Å²) in [6.07, 6.45) is 4.33. The van der Waals surface area contributed by atoms with E-state index in [9.17, 15) is 0 Å². The molecule has 0 fully saturated rings. The summed E-state index contributed by atoms with van der Waals surface area (Å²) in [5.41, 5.74) is 23.4. The van der Waals surface area contributed by atoms with E-state index in [0.717, 1.165) is 93.5 Å². The van der Waals surface area contributed by atoms with Crippen LogP contribution in [0.15, 0.2) is 158 Å². The van der Waals surface area contributed by atoms with E-state index >= 15 is 0 Å². The zero-order chi connectivity index (χ0) is 58.6. The second-order valence-corrected chi connectivity index (χ2v) is 26.6. The Morgan fingerprint density at radius 1 is 0.409 bits per heavy atom. The summed E-state index contributed by atoms with van der Waals surface area (Å²) < 4.78 is 0. The van der Waals surface area contributed by atoms with Gasteiger partial charge < -0.3 is 51.0 Å². The second kappa shape index (κ2) is 33.1. The van der Waals surface area contributed by atoms with Crippen LogP contribution in [0.25, 0.3) is 43.8 Å². The first-order valence-electron chi connectivity index (χ1n) is 30.5. The van der Waals surface area contributed by atoms with Gasteiger partial charge in [-0.1, -0.05) is 302 Å². The molecule has 0 N–H and O–H groups in total. The fourth-order valence-corrected chi connectivity index (χ4v) is 11.6.